The molecule has 39 heavy (non-hydrogen) atoms. The molecule has 0 amide bonds. The van der Waals surface area contributed by atoms with E-state index in [4.69, 9.17) is 0 Å². The number of nitrogens with zero attached hydrogens (tertiary/aromatic N) is 10. The molecule has 218 valence electrons. The zero-order valence-electron chi connectivity index (χ0n) is 27.3. The molecule has 4 aromatic heterocycles. The third kappa shape index (κ3) is 12.4. The average molecular weight is 545 g/mol. The van der Waals surface area contributed by atoms with Gasteiger partial charge in [0.25, 0.3) is 12.7 Å². The highest BCUT2D eigenvalue weighted by Crippen LogP contribution is 2.11. The Hall–Kier alpha value is -3.30. The molecule has 0 N–H and O–H groups in total. The summed E-state index contributed by atoms with van der Waals surface area (Å²) in [5, 5.41) is 8.26. The Morgan fingerprint density at radius 3 is 1.10 bits per heavy atom. The highest BCUT2D eigenvalue weighted by molar-refractivity contribution is 4.78. The molecule has 4 rings (SSSR count). The molecule has 0 unspecified atom stereocenters. The van der Waals surface area contributed by atoms with E-state index in [1.54, 1.807) is 12.7 Å². The lowest BCUT2D eigenvalue weighted by molar-refractivity contribution is -0.672. The van der Waals surface area contributed by atoms with Gasteiger partial charge in [-0.3, -0.25) is 0 Å². The van der Waals surface area contributed by atoms with Crippen molar-refractivity contribution in [2.24, 2.45) is 28.2 Å². The Morgan fingerprint density at radius 1 is 0.538 bits per heavy atom. The Balaban J connectivity index is 0.000000260. The van der Waals surface area contributed by atoms with Gasteiger partial charge in [-0.1, -0.05) is 0 Å². The maximum Gasteiger partial charge on any atom is 0.264 e. The van der Waals surface area contributed by atoms with E-state index < -0.39 is 0 Å². The Kier molecular flexibility index (Phi) is 11.8. The summed E-state index contributed by atoms with van der Waals surface area (Å²) in [6, 6.07) is 0.464. The van der Waals surface area contributed by atoms with Gasteiger partial charge in [0.05, 0.1) is 28.2 Å². The van der Waals surface area contributed by atoms with Gasteiger partial charge in [0.2, 0.25) is 25.3 Å². The topological polar surface area (TPSA) is 61.0 Å². The van der Waals surface area contributed by atoms with E-state index in [2.05, 4.69) is 121 Å². The number of hydrogen-bond donors (Lipinski definition) is 0. The van der Waals surface area contributed by atoms with Crippen molar-refractivity contribution in [3.63, 3.8) is 0 Å². The quantitative estimate of drug-likeness (QED) is 0.346. The van der Waals surface area contributed by atoms with Gasteiger partial charge in [0.15, 0.2) is 0 Å². The zero-order valence-corrected chi connectivity index (χ0v) is 27.3. The Bertz CT molecular complexity index is 1110. The van der Waals surface area contributed by atoms with Gasteiger partial charge in [0, 0.05) is 10.2 Å². The number of imidazole rings is 2. The first-order valence-corrected chi connectivity index (χ1v) is 13.6. The Morgan fingerprint density at radius 2 is 0.949 bits per heavy atom. The van der Waals surface area contributed by atoms with Crippen molar-refractivity contribution in [1.29, 1.82) is 0 Å². The second kappa shape index (κ2) is 13.7. The summed E-state index contributed by atoms with van der Waals surface area (Å²) < 4.78 is 16.2. The van der Waals surface area contributed by atoms with E-state index in [-0.39, 0.29) is 16.6 Å². The first-order chi connectivity index (χ1) is 17.7. The van der Waals surface area contributed by atoms with Gasteiger partial charge < -0.3 is 0 Å². The van der Waals surface area contributed by atoms with Crippen LogP contribution in [0, 0.1) is 0 Å². The van der Waals surface area contributed by atoms with Crippen molar-refractivity contribution in [2.75, 3.05) is 0 Å². The van der Waals surface area contributed by atoms with E-state index in [0.717, 1.165) is 0 Å². The lowest BCUT2D eigenvalue weighted by atomic mass is 10.1. The molecular weight excluding hydrogens is 488 g/mol. The van der Waals surface area contributed by atoms with Crippen LogP contribution >= 0.6 is 0 Å². The second-order valence-corrected chi connectivity index (χ2v) is 13.3. The van der Waals surface area contributed by atoms with Crippen LogP contribution in [0.2, 0.25) is 0 Å². The first kappa shape index (κ1) is 33.7. The zero-order chi connectivity index (χ0) is 30.2. The minimum atomic E-state index is 0.0985. The van der Waals surface area contributed by atoms with Crippen molar-refractivity contribution < 1.29 is 18.3 Å². The number of hydrogen-bond acceptors (Lipinski definition) is 2. The van der Waals surface area contributed by atoms with Crippen molar-refractivity contribution in [1.82, 2.24) is 28.7 Å². The van der Waals surface area contributed by atoms with Crippen LogP contribution in [0.3, 0.4) is 0 Å². The van der Waals surface area contributed by atoms with E-state index in [0.29, 0.717) is 6.04 Å². The first-order valence-electron chi connectivity index (χ1n) is 13.6. The molecule has 10 nitrogen and oxygen atoms in total. The van der Waals surface area contributed by atoms with Crippen LogP contribution < -0.4 is 18.3 Å². The highest BCUT2D eigenvalue weighted by atomic mass is 15.4. The fourth-order valence-corrected chi connectivity index (χ4v) is 3.06. The molecule has 0 bridgehead atoms. The lowest BCUT2D eigenvalue weighted by Gasteiger charge is -2.13. The van der Waals surface area contributed by atoms with Gasteiger partial charge in [-0.25, -0.2) is 27.4 Å². The summed E-state index contributed by atoms with van der Waals surface area (Å²) >= 11 is 0. The molecule has 0 radical (unpaired) electrons. The molecule has 0 spiro atoms. The van der Waals surface area contributed by atoms with Crippen LogP contribution in [0.4, 0.5) is 0 Å². The van der Waals surface area contributed by atoms with Crippen LogP contribution in [-0.4, -0.2) is 28.7 Å². The minimum Gasteiger partial charge on any atom is -0.240 e. The molecule has 0 atom stereocenters. The molecule has 0 aliphatic carbocycles. The summed E-state index contributed by atoms with van der Waals surface area (Å²) in [7, 11) is 7.99. The van der Waals surface area contributed by atoms with Crippen molar-refractivity contribution in [3.05, 3.63) is 62.8 Å². The van der Waals surface area contributed by atoms with E-state index in [9.17, 15) is 0 Å². The van der Waals surface area contributed by atoms with Gasteiger partial charge in [-0.2, -0.15) is 0 Å². The third-order valence-electron chi connectivity index (χ3n) is 5.62. The maximum atomic E-state index is 4.17. The third-order valence-corrected chi connectivity index (χ3v) is 5.62. The standard InChI is InChI=1S/2C8H15N2.C7H14N3.C6H12N3/c2*1-8(2,3)10-6-5-9(4)7-10;1-7(2,3)10-6-9(4)5-8-10;1-6(2)9-5-8(3)4-7-9/h2*5-7H,1-4H3;5-6H,1-4H3;4-6H,1-3H3/q4*+1. The SMILES string of the molecule is CC(C)n1c[n+](C)cn1.C[n+]1ccn(C(C)(C)C)c1.C[n+]1ccn(C(C)(C)C)c1.C[n+]1cnn(C(C)(C)C)c1. The summed E-state index contributed by atoms with van der Waals surface area (Å²) in [5.41, 5.74) is 0.518. The molecule has 4 heterocycles. The highest BCUT2D eigenvalue weighted by Gasteiger charge is 2.20. The summed E-state index contributed by atoms with van der Waals surface area (Å²) in [6.45, 7) is 23.7. The maximum absolute atomic E-state index is 4.17. The molecular formula is C29H56N10+4. The number of aromatic nitrogens is 10. The second-order valence-electron chi connectivity index (χ2n) is 13.3. The predicted octanol–water partition coefficient (Wildman–Crippen LogP) is 2.89. The van der Waals surface area contributed by atoms with Crippen LogP contribution in [0.1, 0.15) is 82.2 Å². The monoisotopic (exact) mass is 544 g/mol. The fraction of sp³-hybridized carbons (Fsp3) is 0.655. The van der Waals surface area contributed by atoms with Crippen LogP contribution in [0.15, 0.2) is 62.8 Å². The van der Waals surface area contributed by atoms with Gasteiger partial charge in [-0.15, -0.1) is 9.36 Å². The molecule has 0 aliphatic rings. The molecule has 0 fully saturated rings. The van der Waals surface area contributed by atoms with Crippen LogP contribution in [0.5, 0.6) is 0 Å². The van der Waals surface area contributed by atoms with Crippen LogP contribution in [0.25, 0.3) is 0 Å². The predicted molar refractivity (Wildman–Crippen MR) is 153 cm³/mol. The fourth-order valence-electron chi connectivity index (χ4n) is 3.06. The number of rotatable bonds is 1. The largest absolute Gasteiger partial charge is 0.264 e. The van der Waals surface area contributed by atoms with Gasteiger partial charge >= 0.3 is 0 Å². The smallest absolute Gasteiger partial charge is 0.240 e. The van der Waals surface area contributed by atoms with E-state index in [1.165, 1.54) is 0 Å². The molecule has 0 aromatic carbocycles. The Labute approximate surface area is 236 Å². The van der Waals surface area contributed by atoms with Crippen molar-refractivity contribution in [3.8, 4) is 0 Å². The molecule has 0 saturated carbocycles. The van der Waals surface area contributed by atoms with E-state index in [1.807, 2.05) is 80.9 Å². The molecule has 10 heteroatoms. The van der Waals surface area contributed by atoms with Crippen molar-refractivity contribution in [2.45, 2.75) is 98.8 Å². The van der Waals surface area contributed by atoms with Gasteiger partial charge in [-0.05, 0) is 76.2 Å². The lowest BCUT2D eigenvalue weighted by Crippen LogP contribution is -2.27. The van der Waals surface area contributed by atoms with Gasteiger partial charge in [0.1, 0.15) is 47.4 Å². The molecule has 4 aromatic rings. The molecule has 0 aliphatic heterocycles. The number of aryl methyl sites for hydroxylation is 4. The van der Waals surface area contributed by atoms with Crippen molar-refractivity contribution >= 4 is 0 Å². The molecule has 0 saturated heterocycles. The summed E-state index contributed by atoms with van der Waals surface area (Å²) in [6.07, 6.45) is 20.0. The summed E-state index contributed by atoms with van der Waals surface area (Å²) in [5.74, 6) is 0. The normalized spacial score (nSPS) is 11.7. The summed E-state index contributed by atoms with van der Waals surface area (Å²) in [4.78, 5) is 0. The average Bonchev–Trinajstić information content (AvgIpc) is 3.56. The minimum absolute atomic E-state index is 0.0985. The van der Waals surface area contributed by atoms with Crippen LogP contribution in [-0.2, 0) is 44.8 Å². The van der Waals surface area contributed by atoms with E-state index >= 15 is 0 Å².